The van der Waals surface area contributed by atoms with E-state index in [2.05, 4.69) is 10.2 Å². The van der Waals surface area contributed by atoms with Crippen LogP contribution in [0.4, 0.5) is 0 Å². The second-order valence-electron chi connectivity index (χ2n) is 6.84. The number of aromatic hydroxyl groups is 2. The number of benzene rings is 2. The van der Waals surface area contributed by atoms with Gasteiger partial charge in [-0.3, -0.25) is 9.69 Å². The van der Waals surface area contributed by atoms with Crippen molar-refractivity contribution < 1.29 is 24.2 Å². The molecule has 168 valence electrons. The Morgan fingerprint density at radius 2 is 2.00 bits per heavy atom. The van der Waals surface area contributed by atoms with Crippen LogP contribution >= 0.6 is 23.4 Å². The molecule has 0 saturated carbocycles. The molecule has 0 bridgehead atoms. The van der Waals surface area contributed by atoms with E-state index in [1.165, 1.54) is 36.6 Å². The molecule has 4 rings (SSSR count). The van der Waals surface area contributed by atoms with Crippen molar-refractivity contribution >= 4 is 46.7 Å². The van der Waals surface area contributed by atoms with Gasteiger partial charge in [0.05, 0.1) is 31.0 Å². The largest absolute Gasteiger partial charge is 0.507 e. The lowest BCUT2D eigenvalue weighted by Gasteiger charge is -2.12. The van der Waals surface area contributed by atoms with E-state index < -0.39 is 0 Å². The van der Waals surface area contributed by atoms with Crippen LogP contribution in [0.2, 0.25) is 5.02 Å². The van der Waals surface area contributed by atoms with Gasteiger partial charge in [-0.25, -0.2) is 0 Å². The predicted molar refractivity (Wildman–Crippen MR) is 128 cm³/mol. The molecule has 0 aliphatic carbocycles. The van der Waals surface area contributed by atoms with Gasteiger partial charge in [-0.1, -0.05) is 17.7 Å². The summed E-state index contributed by atoms with van der Waals surface area (Å²) >= 11 is 7.11. The standard InChI is InChI=1S/C23H18ClN3O5S/c1-31-20-9-14(4-6-19(20)29)10-21-22(30)27(13-17-3-2-8-32-17)23(33-21)26-25-12-15-11-16(24)5-7-18(15)28/h2-12,28-29H,13H2,1H3/b21-10-,25-12+,26-23-. The Balaban J connectivity index is 1.65. The average Bonchev–Trinajstić information content (AvgIpc) is 3.41. The van der Waals surface area contributed by atoms with Gasteiger partial charge in [0.15, 0.2) is 16.7 Å². The summed E-state index contributed by atoms with van der Waals surface area (Å²) in [4.78, 5) is 15.0. The van der Waals surface area contributed by atoms with E-state index in [1.807, 2.05) is 0 Å². The van der Waals surface area contributed by atoms with Gasteiger partial charge in [-0.2, -0.15) is 5.10 Å². The topological polar surface area (TPSA) is 108 Å². The number of thioether (sulfide) groups is 1. The molecule has 1 saturated heterocycles. The highest BCUT2D eigenvalue weighted by atomic mass is 35.5. The van der Waals surface area contributed by atoms with Crippen LogP contribution in [0, 0.1) is 0 Å². The lowest BCUT2D eigenvalue weighted by Crippen LogP contribution is -2.28. The second kappa shape index (κ2) is 9.85. The molecule has 2 heterocycles. The molecule has 1 aromatic heterocycles. The Kier molecular flexibility index (Phi) is 6.71. The molecule has 0 radical (unpaired) electrons. The number of nitrogens with zero attached hydrogens (tertiary/aromatic N) is 3. The number of hydrogen-bond donors (Lipinski definition) is 2. The number of carbonyl (C=O) groups excluding carboxylic acids is 1. The van der Waals surface area contributed by atoms with Gasteiger partial charge >= 0.3 is 0 Å². The van der Waals surface area contributed by atoms with Crippen LogP contribution in [0.25, 0.3) is 6.08 Å². The Morgan fingerprint density at radius 1 is 1.18 bits per heavy atom. The molecule has 1 aliphatic rings. The lowest BCUT2D eigenvalue weighted by atomic mass is 10.2. The molecule has 3 aromatic rings. The van der Waals surface area contributed by atoms with Gasteiger partial charge in [-0.15, -0.1) is 5.10 Å². The first-order valence-corrected chi connectivity index (χ1v) is 10.8. The zero-order chi connectivity index (χ0) is 23.4. The van der Waals surface area contributed by atoms with Gasteiger partial charge in [0, 0.05) is 10.6 Å². The van der Waals surface area contributed by atoms with E-state index in [9.17, 15) is 15.0 Å². The van der Waals surface area contributed by atoms with Crippen LogP contribution in [-0.4, -0.2) is 39.5 Å². The number of furan rings is 1. The maximum Gasteiger partial charge on any atom is 0.267 e. The number of ether oxygens (including phenoxy) is 1. The van der Waals surface area contributed by atoms with E-state index in [-0.39, 0.29) is 24.0 Å². The van der Waals surface area contributed by atoms with E-state index in [1.54, 1.807) is 42.5 Å². The third kappa shape index (κ3) is 5.21. The Bertz CT molecular complexity index is 1270. The molecule has 0 spiro atoms. The third-order valence-electron chi connectivity index (χ3n) is 4.61. The molecule has 33 heavy (non-hydrogen) atoms. The van der Waals surface area contributed by atoms with Gasteiger partial charge < -0.3 is 19.4 Å². The summed E-state index contributed by atoms with van der Waals surface area (Å²) in [6, 6.07) is 12.9. The summed E-state index contributed by atoms with van der Waals surface area (Å²) in [5, 5.41) is 28.8. The quantitative estimate of drug-likeness (QED) is 0.294. The van der Waals surface area contributed by atoms with Crippen molar-refractivity contribution in [1.82, 2.24) is 4.90 Å². The molecule has 1 aliphatic heterocycles. The van der Waals surface area contributed by atoms with Crippen molar-refractivity contribution in [2.45, 2.75) is 6.54 Å². The van der Waals surface area contributed by atoms with Crippen LogP contribution in [0.5, 0.6) is 17.2 Å². The van der Waals surface area contributed by atoms with Crippen molar-refractivity contribution in [2.24, 2.45) is 10.2 Å². The average molecular weight is 484 g/mol. The molecule has 8 nitrogen and oxygen atoms in total. The summed E-state index contributed by atoms with van der Waals surface area (Å²) < 4.78 is 10.5. The Morgan fingerprint density at radius 3 is 2.76 bits per heavy atom. The minimum atomic E-state index is -0.275. The highest BCUT2D eigenvalue weighted by Crippen LogP contribution is 2.35. The smallest absolute Gasteiger partial charge is 0.267 e. The minimum Gasteiger partial charge on any atom is -0.507 e. The summed E-state index contributed by atoms with van der Waals surface area (Å²) in [5.41, 5.74) is 1.07. The highest BCUT2D eigenvalue weighted by molar-refractivity contribution is 8.18. The summed E-state index contributed by atoms with van der Waals surface area (Å²) in [5.74, 6) is 0.619. The molecule has 2 N–H and O–H groups in total. The van der Waals surface area contributed by atoms with Crippen molar-refractivity contribution in [3.63, 3.8) is 0 Å². The number of phenolic OH excluding ortho intramolecular Hbond substituents is 2. The van der Waals surface area contributed by atoms with E-state index >= 15 is 0 Å². The van der Waals surface area contributed by atoms with Gasteiger partial charge in [0.2, 0.25) is 0 Å². The van der Waals surface area contributed by atoms with E-state index in [0.717, 1.165) is 11.8 Å². The maximum absolute atomic E-state index is 13.1. The SMILES string of the molecule is COc1cc(/C=C2\S/C(=N\N=C\c3cc(Cl)ccc3O)N(Cc3ccco3)C2=O)ccc1O. The summed E-state index contributed by atoms with van der Waals surface area (Å²) in [6.07, 6.45) is 4.56. The maximum atomic E-state index is 13.1. The molecular formula is C23H18ClN3O5S. The normalized spacial score (nSPS) is 16.4. The first kappa shape index (κ1) is 22.5. The Hall–Kier alpha value is -3.69. The van der Waals surface area contributed by atoms with Crippen LogP contribution in [0.3, 0.4) is 0 Å². The molecule has 10 heteroatoms. The number of carbonyl (C=O) groups is 1. The van der Waals surface area contributed by atoms with Crippen LogP contribution in [0.1, 0.15) is 16.9 Å². The van der Waals surface area contributed by atoms with E-state index in [4.69, 9.17) is 20.8 Å². The van der Waals surface area contributed by atoms with Crippen molar-refractivity contribution in [3.05, 3.63) is 81.6 Å². The first-order valence-electron chi connectivity index (χ1n) is 9.65. The van der Waals surface area contributed by atoms with Gasteiger partial charge in [0.1, 0.15) is 11.5 Å². The second-order valence-corrected chi connectivity index (χ2v) is 8.29. The number of halogens is 1. The van der Waals surface area contributed by atoms with Crippen LogP contribution in [0.15, 0.2) is 74.3 Å². The molecule has 1 fully saturated rings. The summed E-state index contributed by atoms with van der Waals surface area (Å²) in [6.45, 7) is 0.172. The third-order valence-corrected chi connectivity index (χ3v) is 5.85. The molecular weight excluding hydrogens is 466 g/mol. The van der Waals surface area contributed by atoms with Crippen LogP contribution < -0.4 is 4.74 Å². The molecule has 0 atom stereocenters. The number of rotatable bonds is 6. The minimum absolute atomic E-state index is 0.00496. The number of amidine groups is 1. The molecule has 0 unspecified atom stereocenters. The Labute approximate surface area is 198 Å². The number of amides is 1. The lowest BCUT2D eigenvalue weighted by molar-refractivity contribution is -0.122. The number of hydrogen-bond acceptors (Lipinski definition) is 8. The molecule has 1 amide bonds. The fourth-order valence-electron chi connectivity index (χ4n) is 2.99. The van der Waals surface area contributed by atoms with E-state index in [0.29, 0.717) is 37.7 Å². The van der Waals surface area contributed by atoms with Crippen molar-refractivity contribution in [3.8, 4) is 17.2 Å². The fourth-order valence-corrected chi connectivity index (χ4v) is 4.10. The zero-order valence-electron chi connectivity index (χ0n) is 17.3. The number of methoxy groups -OCH3 is 1. The van der Waals surface area contributed by atoms with Gasteiger partial charge in [-0.05, 0) is 65.9 Å². The zero-order valence-corrected chi connectivity index (χ0v) is 18.9. The summed E-state index contributed by atoms with van der Waals surface area (Å²) in [7, 11) is 1.45. The van der Waals surface area contributed by atoms with Crippen LogP contribution in [-0.2, 0) is 11.3 Å². The predicted octanol–water partition coefficient (Wildman–Crippen LogP) is 4.86. The van der Waals surface area contributed by atoms with Crippen molar-refractivity contribution in [1.29, 1.82) is 0 Å². The first-order chi connectivity index (χ1) is 15.9. The number of phenols is 2. The molecule has 2 aromatic carbocycles. The fraction of sp³-hybridized carbons (Fsp3) is 0.0870. The monoisotopic (exact) mass is 483 g/mol. The highest BCUT2D eigenvalue weighted by Gasteiger charge is 2.34. The van der Waals surface area contributed by atoms with Crippen molar-refractivity contribution in [2.75, 3.05) is 7.11 Å². The van der Waals surface area contributed by atoms with Gasteiger partial charge in [0.25, 0.3) is 5.91 Å².